The van der Waals surface area contributed by atoms with Crippen molar-refractivity contribution in [3.05, 3.63) is 42.1 Å². The second-order valence-electron chi connectivity index (χ2n) is 15.4. The second-order valence-corrected chi connectivity index (χ2v) is 15.4. The van der Waals surface area contributed by atoms with E-state index in [4.69, 9.17) is 23.7 Å². The molecule has 4 heterocycles. The molecule has 2 aromatic rings. The highest BCUT2D eigenvalue weighted by atomic mass is 19.4. The zero-order chi connectivity index (χ0) is 40.1. The number of aliphatic hydroxyl groups is 2. The van der Waals surface area contributed by atoms with Gasteiger partial charge in [0.2, 0.25) is 11.8 Å². The van der Waals surface area contributed by atoms with Crippen LogP contribution in [0.15, 0.2) is 36.4 Å². The lowest BCUT2D eigenvalue weighted by atomic mass is 9.95. The van der Waals surface area contributed by atoms with E-state index in [1.165, 1.54) is 5.69 Å². The Morgan fingerprint density at radius 2 is 1.52 bits per heavy atom. The average Bonchev–Trinajstić information content (AvgIpc) is 3.15. The predicted octanol–water partition coefficient (Wildman–Crippen LogP) is 2.87. The van der Waals surface area contributed by atoms with Crippen molar-refractivity contribution in [2.24, 2.45) is 5.92 Å². The number of benzene rings is 1. The molecule has 56 heavy (non-hydrogen) atoms. The van der Waals surface area contributed by atoms with Crippen LogP contribution in [0.2, 0.25) is 0 Å². The maximum Gasteiger partial charge on any atom is 0.433 e. The van der Waals surface area contributed by atoms with Gasteiger partial charge >= 0.3 is 12.3 Å². The molecule has 1 aromatic heterocycles. The van der Waals surface area contributed by atoms with Crippen molar-refractivity contribution in [2.45, 2.75) is 69.7 Å². The number of carbonyl (C=O) groups excluding carboxylic acids is 1. The lowest BCUT2D eigenvalue weighted by Gasteiger charge is -2.42. The van der Waals surface area contributed by atoms with Crippen LogP contribution < -0.4 is 20.3 Å². The molecule has 3 aliphatic heterocycles. The third-order valence-electron chi connectivity index (χ3n) is 9.86. The first-order valence-corrected chi connectivity index (χ1v) is 19.4. The molecule has 3 saturated heterocycles. The number of carbonyl (C=O) groups is 1. The predicted molar refractivity (Wildman–Crippen MR) is 202 cm³/mol. The number of alkyl carbamates (subject to hydrolysis) is 1. The summed E-state index contributed by atoms with van der Waals surface area (Å²) in [5, 5.41) is 27.2. The molecule has 18 heteroatoms. The van der Waals surface area contributed by atoms with Gasteiger partial charge in [-0.3, -0.25) is 4.90 Å². The number of nitrogens with one attached hydrogen (secondary N) is 2. The van der Waals surface area contributed by atoms with E-state index in [1.807, 2.05) is 6.07 Å². The first-order valence-electron chi connectivity index (χ1n) is 19.4. The minimum Gasteiger partial charge on any atom is -0.475 e. The number of nitrogens with zero attached hydrogens (tertiary/aromatic N) is 5. The van der Waals surface area contributed by atoms with Gasteiger partial charge in [0.25, 0.3) is 0 Å². The molecule has 15 nitrogen and oxygen atoms in total. The molecular formula is C38H58F3N7O8. The number of halogens is 3. The average molecular weight is 798 g/mol. The molecule has 314 valence electrons. The lowest BCUT2D eigenvalue weighted by molar-refractivity contribution is -0.148. The Hall–Kier alpha value is -3.52. The van der Waals surface area contributed by atoms with Crippen LogP contribution in [0, 0.1) is 5.92 Å². The van der Waals surface area contributed by atoms with Crippen LogP contribution in [0.25, 0.3) is 0 Å². The Morgan fingerprint density at radius 1 is 0.875 bits per heavy atom. The molecule has 0 bridgehead atoms. The first-order chi connectivity index (χ1) is 26.7. The van der Waals surface area contributed by atoms with E-state index in [-0.39, 0.29) is 52.1 Å². The van der Waals surface area contributed by atoms with Crippen molar-refractivity contribution in [3.8, 4) is 5.88 Å². The van der Waals surface area contributed by atoms with Crippen molar-refractivity contribution in [1.82, 2.24) is 25.1 Å². The number of para-hydroxylation sites is 1. The maximum absolute atomic E-state index is 13.7. The van der Waals surface area contributed by atoms with Crippen molar-refractivity contribution >= 4 is 17.7 Å². The van der Waals surface area contributed by atoms with E-state index in [0.717, 1.165) is 58.7 Å². The Morgan fingerprint density at radius 3 is 2.18 bits per heavy atom. The van der Waals surface area contributed by atoms with Gasteiger partial charge in [-0.15, -0.1) is 0 Å². The Labute approximate surface area is 326 Å². The number of ether oxygens (including phenoxy) is 5. The van der Waals surface area contributed by atoms with E-state index >= 15 is 0 Å². The quantitative estimate of drug-likeness (QED) is 0.173. The summed E-state index contributed by atoms with van der Waals surface area (Å²) in [6.45, 7) is 13.1. The first kappa shape index (κ1) is 43.6. The molecule has 5 rings (SSSR count). The molecule has 0 aliphatic carbocycles. The van der Waals surface area contributed by atoms with Crippen LogP contribution in [0.4, 0.5) is 29.6 Å². The van der Waals surface area contributed by atoms with E-state index < -0.39 is 53.9 Å². The minimum absolute atomic E-state index is 0.0417. The molecule has 1 aromatic carbocycles. The van der Waals surface area contributed by atoms with E-state index in [2.05, 4.69) is 59.6 Å². The van der Waals surface area contributed by atoms with Crippen molar-refractivity contribution in [2.75, 3.05) is 109 Å². The van der Waals surface area contributed by atoms with E-state index in [1.54, 1.807) is 20.8 Å². The van der Waals surface area contributed by atoms with Gasteiger partial charge < -0.3 is 54.3 Å². The second kappa shape index (κ2) is 20.8. The fourth-order valence-corrected chi connectivity index (χ4v) is 6.90. The van der Waals surface area contributed by atoms with Crippen LogP contribution in [0.5, 0.6) is 5.88 Å². The standard InChI is InChI=1S/C38H58F3N7O8/c1-37(2,3)56-36(51)42-11-18-52-19-20-53-21-22-54-32-23-31(38(39,40)41)44-35(45-32)43-29-26-55-30(34(50)33(29)49)25-47-16-14-46(15-17-47)24-27-9-12-48(13-10-27)28-7-5-4-6-8-28/h4-8,23,27,29-30,33-34,49-50H,9-22,24-26H2,1-3H3,(H,42,51)(H,43,44,45)/t29-,30+,33+,34-/m0/s1. The summed E-state index contributed by atoms with van der Waals surface area (Å²) in [6, 6.07) is 10.2. The minimum atomic E-state index is -4.79. The highest BCUT2D eigenvalue weighted by Crippen LogP contribution is 2.31. The molecular weight excluding hydrogens is 739 g/mol. The Bertz CT molecular complexity index is 1480. The van der Waals surface area contributed by atoms with Gasteiger partial charge in [-0.05, 0) is 51.7 Å². The van der Waals surface area contributed by atoms with Crippen LogP contribution in [-0.2, 0) is 25.1 Å². The highest BCUT2D eigenvalue weighted by molar-refractivity contribution is 5.67. The third kappa shape index (κ3) is 14.1. The summed E-state index contributed by atoms with van der Waals surface area (Å²) in [6.07, 6.45) is -6.30. The molecule has 1 amide bonds. The normalized spacial score (nSPS) is 23.2. The number of alkyl halides is 3. The zero-order valence-corrected chi connectivity index (χ0v) is 32.6. The zero-order valence-electron chi connectivity index (χ0n) is 32.6. The number of amides is 1. The van der Waals surface area contributed by atoms with Gasteiger partial charge in [0, 0.05) is 70.7 Å². The van der Waals surface area contributed by atoms with Gasteiger partial charge in [-0.25, -0.2) is 9.78 Å². The highest BCUT2D eigenvalue weighted by Gasteiger charge is 2.41. The van der Waals surface area contributed by atoms with Crippen LogP contribution in [0.1, 0.15) is 39.3 Å². The summed E-state index contributed by atoms with van der Waals surface area (Å²) >= 11 is 0. The van der Waals surface area contributed by atoms with Gasteiger partial charge in [-0.2, -0.15) is 18.2 Å². The molecule has 0 spiro atoms. The van der Waals surface area contributed by atoms with Crippen LogP contribution >= 0.6 is 0 Å². The summed E-state index contributed by atoms with van der Waals surface area (Å²) in [7, 11) is 0. The monoisotopic (exact) mass is 797 g/mol. The summed E-state index contributed by atoms with van der Waals surface area (Å²) in [5.74, 6) is -0.110. The number of aliphatic hydroxyl groups excluding tert-OH is 2. The maximum atomic E-state index is 13.7. The Balaban J connectivity index is 0.990. The summed E-state index contributed by atoms with van der Waals surface area (Å²) in [4.78, 5) is 26.4. The number of hydrogen-bond acceptors (Lipinski definition) is 14. The molecule has 3 fully saturated rings. The largest absolute Gasteiger partial charge is 0.475 e. The van der Waals surface area contributed by atoms with E-state index in [0.29, 0.717) is 18.5 Å². The van der Waals surface area contributed by atoms with Crippen LogP contribution in [-0.4, -0.2) is 165 Å². The molecule has 4 atom stereocenters. The summed E-state index contributed by atoms with van der Waals surface area (Å²) in [5.41, 5.74) is -0.552. The van der Waals surface area contributed by atoms with Gasteiger partial charge in [0.1, 0.15) is 24.4 Å². The van der Waals surface area contributed by atoms with Crippen molar-refractivity contribution in [1.29, 1.82) is 0 Å². The van der Waals surface area contributed by atoms with Crippen molar-refractivity contribution in [3.63, 3.8) is 0 Å². The fourth-order valence-electron chi connectivity index (χ4n) is 6.90. The third-order valence-corrected chi connectivity index (χ3v) is 9.86. The van der Waals surface area contributed by atoms with Gasteiger partial charge in [0.15, 0.2) is 5.69 Å². The molecule has 0 radical (unpaired) electrons. The topological polar surface area (TPSA) is 163 Å². The number of hydrogen-bond donors (Lipinski definition) is 4. The lowest BCUT2D eigenvalue weighted by Crippen LogP contribution is -2.59. The molecule has 3 aliphatic rings. The number of rotatable bonds is 17. The number of piperazine rings is 1. The Kier molecular flexibility index (Phi) is 16.2. The summed E-state index contributed by atoms with van der Waals surface area (Å²) < 4.78 is 68.5. The van der Waals surface area contributed by atoms with Gasteiger partial charge in [-0.1, -0.05) is 18.2 Å². The SMILES string of the molecule is CC(C)(C)OC(=O)NCCOCCOCCOc1cc(C(F)(F)F)nc(N[C@H]2CO[C@H](CN3CCN(CC4CCN(c5ccccc5)CC4)CC3)[C@H](O)[C@@H]2O)n1. The van der Waals surface area contributed by atoms with E-state index in [9.17, 15) is 28.2 Å². The molecule has 4 N–H and O–H groups in total. The number of piperidine rings is 1. The molecule has 0 saturated carbocycles. The van der Waals surface area contributed by atoms with Crippen LogP contribution in [0.3, 0.4) is 0 Å². The van der Waals surface area contributed by atoms with Gasteiger partial charge in [0.05, 0.1) is 45.2 Å². The fraction of sp³-hybridized carbons (Fsp3) is 0.711. The molecule has 0 unspecified atom stereocenters. The number of aromatic nitrogens is 2. The number of anilines is 2. The van der Waals surface area contributed by atoms with Crippen molar-refractivity contribution < 1.29 is 51.9 Å². The smallest absolute Gasteiger partial charge is 0.433 e.